The number of aliphatic hydroxyl groups is 2. The zero-order chi connectivity index (χ0) is 16.7. The Balaban J connectivity index is -0.000000218. The van der Waals surface area contributed by atoms with Gasteiger partial charge in [-0.3, -0.25) is 9.59 Å². The lowest BCUT2D eigenvalue weighted by Crippen LogP contribution is -2.09. The van der Waals surface area contributed by atoms with Crippen molar-refractivity contribution in [3.63, 3.8) is 0 Å². The van der Waals surface area contributed by atoms with E-state index in [0.29, 0.717) is 18.3 Å². The van der Waals surface area contributed by atoms with Gasteiger partial charge in [0.25, 0.3) is 0 Å². The summed E-state index contributed by atoms with van der Waals surface area (Å²) in [6.07, 6.45) is 2.05. The molecular weight excluding hydrogens is 256 g/mol. The number of Topliss-reactive ketones (excluding diaryl/α,β-unsaturated/α-hetero) is 2. The summed E-state index contributed by atoms with van der Waals surface area (Å²) in [4.78, 5) is 20.6. The van der Waals surface area contributed by atoms with Crippen LogP contribution in [-0.4, -0.2) is 35.0 Å². The molecular formula is C16H34O4. The van der Waals surface area contributed by atoms with Gasteiger partial charge in [-0.05, 0) is 26.2 Å². The fraction of sp³-hybridized carbons (Fsp3) is 0.875. The first-order valence-electron chi connectivity index (χ1n) is 7.40. The van der Waals surface area contributed by atoms with Crippen LogP contribution in [0.3, 0.4) is 0 Å². The molecule has 0 aromatic heterocycles. The highest BCUT2D eigenvalue weighted by Gasteiger charge is 2.02. The largest absolute Gasteiger partial charge is 0.396 e. The van der Waals surface area contributed by atoms with Crippen LogP contribution in [0.4, 0.5) is 0 Å². The van der Waals surface area contributed by atoms with E-state index in [1.807, 2.05) is 20.8 Å². The van der Waals surface area contributed by atoms with Gasteiger partial charge >= 0.3 is 0 Å². The zero-order valence-corrected chi connectivity index (χ0v) is 14.3. The van der Waals surface area contributed by atoms with Crippen LogP contribution in [-0.2, 0) is 9.59 Å². The molecule has 0 saturated carbocycles. The Bertz CT molecular complexity index is 215. The maximum atomic E-state index is 10.4. The van der Waals surface area contributed by atoms with Gasteiger partial charge in [0.15, 0.2) is 0 Å². The van der Waals surface area contributed by atoms with Crippen LogP contribution in [0, 0.1) is 17.8 Å². The topological polar surface area (TPSA) is 74.6 Å². The minimum Gasteiger partial charge on any atom is -0.396 e. The van der Waals surface area contributed by atoms with Crippen LogP contribution >= 0.6 is 0 Å². The first kappa shape index (κ1) is 24.3. The molecule has 2 N–H and O–H groups in total. The number of carbonyl (C=O) groups excluding carboxylic acids is 2. The van der Waals surface area contributed by atoms with E-state index in [0.717, 1.165) is 12.8 Å². The first-order valence-corrected chi connectivity index (χ1v) is 7.40. The van der Waals surface area contributed by atoms with Crippen LogP contribution in [0.2, 0.25) is 0 Å². The van der Waals surface area contributed by atoms with Crippen molar-refractivity contribution in [2.45, 2.75) is 61.3 Å². The molecule has 0 rings (SSSR count). The molecule has 0 aliphatic rings. The lowest BCUT2D eigenvalue weighted by Gasteiger charge is -1.98. The first-order chi connectivity index (χ1) is 9.17. The normalized spacial score (nSPS) is 13.8. The number of hydrogen-bond donors (Lipinski definition) is 2. The predicted molar refractivity (Wildman–Crippen MR) is 83.6 cm³/mol. The van der Waals surface area contributed by atoms with Gasteiger partial charge < -0.3 is 10.2 Å². The number of rotatable bonds is 6. The maximum Gasteiger partial charge on any atom is 0.134 e. The van der Waals surface area contributed by atoms with E-state index in [2.05, 4.69) is 6.92 Å². The van der Waals surface area contributed by atoms with Gasteiger partial charge in [-0.1, -0.05) is 41.0 Å². The van der Waals surface area contributed by atoms with E-state index in [1.165, 1.54) is 6.92 Å². The summed E-state index contributed by atoms with van der Waals surface area (Å²) >= 11 is 0. The van der Waals surface area contributed by atoms with Gasteiger partial charge in [-0.2, -0.15) is 0 Å². The predicted octanol–water partition coefficient (Wildman–Crippen LogP) is 2.85. The van der Waals surface area contributed by atoms with Crippen molar-refractivity contribution in [1.82, 2.24) is 0 Å². The Morgan fingerprint density at radius 1 is 0.800 bits per heavy atom. The molecule has 0 heterocycles. The van der Waals surface area contributed by atoms with Crippen molar-refractivity contribution in [3.8, 4) is 0 Å². The van der Waals surface area contributed by atoms with Gasteiger partial charge in [0, 0.05) is 18.4 Å². The second-order valence-corrected chi connectivity index (χ2v) is 5.31. The van der Waals surface area contributed by atoms with E-state index in [-0.39, 0.29) is 24.2 Å². The molecule has 3 atom stereocenters. The average molecular weight is 290 g/mol. The molecule has 0 spiro atoms. The highest BCUT2D eigenvalue weighted by atomic mass is 16.3. The van der Waals surface area contributed by atoms with Crippen molar-refractivity contribution in [2.24, 2.45) is 17.8 Å². The van der Waals surface area contributed by atoms with Crippen molar-refractivity contribution < 1.29 is 19.8 Å². The molecule has 122 valence electrons. The van der Waals surface area contributed by atoms with Crippen molar-refractivity contribution >= 4 is 11.6 Å². The van der Waals surface area contributed by atoms with Crippen molar-refractivity contribution in [1.29, 1.82) is 0 Å². The van der Waals surface area contributed by atoms with E-state index in [4.69, 9.17) is 10.2 Å². The van der Waals surface area contributed by atoms with Gasteiger partial charge in [0.2, 0.25) is 0 Å². The summed E-state index contributed by atoms with van der Waals surface area (Å²) in [6, 6.07) is 0. The smallest absolute Gasteiger partial charge is 0.134 e. The van der Waals surface area contributed by atoms with E-state index in [9.17, 15) is 9.59 Å². The summed E-state index contributed by atoms with van der Waals surface area (Å²) in [5, 5.41) is 16.6. The van der Waals surface area contributed by atoms with Gasteiger partial charge in [-0.15, -0.1) is 0 Å². The molecule has 4 nitrogen and oxygen atoms in total. The molecule has 3 unspecified atom stereocenters. The molecule has 0 fully saturated rings. The third kappa shape index (κ3) is 19.6. The fourth-order valence-electron chi connectivity index (χ4n) is 0.545. The molecule has 0 aliphatic carbocycles. The van der Waals surface area contributed by atoms with Gasteiger partial charge in [0.1, 0.15) is 11.6 Å². The standard InChI is InChI=1S/C6H12O.C5H10O2.C5H12O/c1-4-5(2)6(3)7;1-4(3-6)5(2)7;1-3-5(2)4-6/h5H,4H2,1-3H3;4,6H,3H2,1-2H3;5-6H,3-4H2,1-2H3. The monoisotopic (exact) mass is 290 g/mol. The minimum atomic E-state index is -0.181. The molecule has 0 aliphatic heterocycles. The Morgan fingerprint density at radius 3 is 1.20 bits per heavy atom. The summed E-state index contributed by atoms with van der Waals surface area (Å²) in [5.41, 5.74) is 0. The molecule has 0 amide bonds. The third-order valence-corrected chi connectivity index (χ3v) is 3.28. The Labute approximate surface area is 124 Å². The van der Waals surface area contributed by atoms with Crippen LogP contribution in [0.5, 0.6) is 0 Å². The number of carbonyl (C=O) groups is 2. The Hall–Kier alpha value is -0.740. The van der Waals surface area contributed by atoms with Crippen molar-refractivity contribution in [3.05, 3.63) is 0 Å². The highest BCUT2D eigenvalue weighted by Crippen LogP contribution is 1.99. The van der Waals surface area contributed by atoms with Gasteiger partial charge in [0.05, 0.1) is 6.61 Å². The number of ketones is 2. The molecule has 0 radical (unpaired) electrons. The molecule has 0 aromatic rings. The SMILES string of the molecule is CC(=O)C(C)CO.CCC(C)C(C)=O.CCC(C)CO. The Morgan fingerprint density at radius 2 is 1.20 bits per heavy atom. The van der Waals surface area contributed by atoms with E-state index in [1.54, 1.807) is 13.8 Å². The molecule has 0 bridgehead atoms. The molecule has 0 aromatic carbocycles. The van der Waals surface area contributed by atoms with Crippen molar-refractivity contribution in [2.75, 3.05) is 13.2 Å². The summed E-state index contributed by atoms with van der Waals surface area (Å²) in [5.74, 6) is 0.912. The summed E-state index contributed by atoms with van der Waals surface area (Å²) in [7, 11) is 0. The third-order valence-electron chi connectivity index (χ3n) is 3.28. The quantitative estimate of drug-likeness (QED) is 0.789. The molecule has 20 heavy (non-hydrogen) atoms. The lowest BCUT2D eigenvalue weighted by molar-refractivity contribution is -0.121. The number of aliphatic hydroxyl groups excluding tert-OH is 2. The summed E-state index contributed by atoms with van der Waals surface area (Å²) < 4.78 is 0. The van der Waals surface area contributed by atoms with E-state index >= 15 is 0 Å². The molecule has 0 saturated heterocycles. The van der Waals surface area contributed by atoms with Crippen LogP contribution in [0.1, 0.15) is 61.3 Å². The van der Waals surface area contributed by atoms with Crippen LogP contribution < -0.4 is 0 Å². The maximum absolute atomic E-state index is 10.4. The zero-order valence-electron chi connectivity index (χ0n) is 14.3. The lowest BCUT2D eigenvalue weighted by atomic mass is 10.1. The molecule has 4 heteroatoms. The highest BCUT2D eigenvalue weighted by molar-refractivity contribution is 5.78. The van der Waals surface area contributed by atoms with Crippen LogP contribution in [0.15, 0.2) is 0 Å². The second kappa shape index (κ2) is 16.3. The Kier molecular flexibility index (Phi) is 19.8. The average Bonchev–Trinajstić information content (AvgIpc) is 2.45. The summed E-state index contributed by atoms with van der Waals surface area (Å²) in [6.45, 7) is 13.2. The van der Waals surface area contributed by atoms with Gasteiger partial charge in [-0.25, -0.2) is 0 Å². The minimum absolute atomic E-state index is 0.0324. The van der Waals surface area contributed by atoms with E-state index < -0.39 is 0 Å². The number of hydrogen-bond acceptors (Lipinski definition) is 4. The fourth-order valence-corrected chi connectivity index (χ4v) is 0.545. The second-order valence-electron chi connectivity index (χ2n) is 5.31. The van der Waals surface area contributed by atoms with Crippen LogP contribution in [0.25, 0.3) is 0 Å².